The summed E-state index contributed by atoms with van der Waals surface area (Å²) in [5.41, 5.74) is 0. The number of rotatable bonds is 4. The van der Waals surface area contributed by atoms with Crippen molar-refractivity contribution in [3.05, 3.63) is 34.9 Å². The summed E-state index contributed by atoms with van der Waals surface area (Å²) in [7, 11) is 0. The van der Waals surface area contributed by atoms with E-state index >= 15 is 0 Å². The highest BCUT2D eigenvalue weighted by Gasteiger charge is 2.21. The predicted molar refractivity (Wildman–Crippen MR) is 104 cm³/mol. The molecular formula is C17H22ClN5OS. The quantitative estimate of drug-likeness (QED) is 0.616. The molecule has 3 heterocycles. The van der Waals surface area contributed by atoms with Crippen molar-refractivity contribution >= 4 is 40.7 Å². The highest BCUT2D eigenvalue weighted by Crippen LogP contribution is 2.25. The lowest BCUT2D eigenvalue weighted by atomic mass is 10.0. The first-order valence-electron chi connectivity index (χ1n) is 8.42. The Morgan fingerprint density at radius 3 is 2.96 bits per heavy atom. The number of thiocarbonyl (C=S) groups is 1. The van der Waals surface area contributed by atoms with Crippen LogP contribution in [0.15, 0.2) is 22.6 Å². The van der Waals surface area contributed by atoms with E-state index in [9.17, 15) is 0 Å². The summed E-state index contributed by atoms with van der Waals surface area (Å²) in [4.78, 5) is 11.1. The van der Waals surface area contributed by atoms with E-state index in [0.29, 0.717) is 28.8 Å². The average Bonchev–Trinajstić information content (AvgIpc) is 2.98. The molecule has 134 valence electrons. The molecule has 1 atom stereocenters. The molecule has 2 aromatic heterocycles. The van der Waals surface area contributed by atoms with E-state index in [2.05, 4.69) is 32.4 Å². The summed E-state index contributed by atoms with van der Waals surface area (Å²) in [5, 5.41) is 6.90. The van der Waals surface area contributed by atoms with E-state index in [4.69, 9.17) is 28.2 Å². The lowest BCUT2D eigenvalue weighted by Gasteiger charge is -2.34. The van der Waals surface area contributed by atoms with Crippen LogP contribution in [0.3, 0.4) is 0 Å². The minimum Gasteiger partial charge on any atom is -0.465 e. The smallest absolute Gasteiger partial charge is 0.232 e. The number of nitrogens with zero attached hydrogens (tertiary/aromatic N) is 3. The molecule has 0 saturated carbocycles. The largest absolute Gasteiger partial charge is 0.465 e. The van der Waals surface area contributed by atoms with Gasteiger partial charge in [0.2, 0.25) is 5.95 Å². The van der Waals surface area contributed by atoms with Gasteiger partial charge < -0.3 is 20.0 Å². The van der Waals surface area contributed by atoms with Gasteiger partial charge in [-0.3, -0.25) is 0 Å². The molecule has 0 spiro atoms. The second-order valence-electron chi connectivity index (χ2n) is 6.23. The fourth-order valence-electron chi connectivity index (χ4n) is 2.94. The van der Waals surface area contributed by atoms with Gasteiger partial charge in [0.15, 0.2) is 5.11 Å². The van der Waals surface area contributed by atoms with Crippen LogP contribution in [0.2, 0.25) is 5.15 Å². The van der Waals surface area contributed by atoms with Gasteiger partial charge in [0.25, 0.3) is 0 Å². The molecule has 0 unspecified atom stereocenters. The summed E-state index contributed by atoms with van der Waals surface area (Å²) in [6, 6.07) is 6.08. The van der Waals surface area contributed by atoms with Crippen LogP contribution in [-0.2, 0) is 6.54 Å². The van der Waals surface area contributed by atoms with Crippen LogP contribution in [0.5, 0.6) is 0 Å². The van der Waals surface area contributed by atoms with Crippen molar-refractivity contribution in [3.63, 3.8) is 0 Å². The summed E-state index contributed by atoms with van der Waals surface area (Å²) in [6.45, 7) is 5.59. The highest BCUT2D eigenvalue weighted by atomic mass is 35.5. The predicted octanol–water partition coefficient (Wildman–Crippen LogP) is 3.90. The summed E-state index contributed by atoms with van der Waals surface area (Å²) < 4.78 is 5.50. The number of piperidine rings is 1. The Morgan fingerprint density at radius 1 is 1.40 bits per heavy atom. The third-order valence-corrected chi connectivity index (χ3v) is 4.66. The standard InChI is InChI=1S/C17H22ClN5OS/c1-11-5-3-4-8-23(11)15-9-14(18)20-16(21-15)22-17(25)19-10-13-7-6-12(2)24-13/h6-7,9,11H,3-5,8,10H2,1-2H3,(H2,19,20,21,22,25)/t11-/m1/s1. The minimum absolute atomic E-state index is 0.397. The molecule has 8 heteroatoms. The third-order valence-electron chi connectivity index (χ3n) is 4.22. The Labute approximate surface area is 158 Å². The number of aryl methyl sites for hydroxylation is 1. The molecule has 1 fully saturated rings. The average molecular weight is 380 g/mol. The minimum atomic E-state index is 0.397. The Hall–Kier alpha value is -1.86. The van der Waals surface area contributed by atoms with Crippen molar-refractivity contribution in [2.24, 2.45) is 0 Å². The zero-order chi connectivity index (χ0) is 17.8. The number of hydrogen-bond donors (Lipinski definition) is 2. The number of anilines is 2. The van der Waals surface area contributed by atoms with Gasteiger partial charge in [-0.25, -0.2) is 4.98 Å². The maximum atomic E-state index is 6.18. The van der Waals surface area contributed by atoms with Gasteiger partial charge >= 0.3 is 0 Å². The first kappa shape index (κ1) is 17.9. The molecule has 0 amide bonds. The van der Waals surface area contributed by atoms with Crippen LogP contribution >= 0.6 is 23.8 Å². The monoisotopic (exact) mass is 379 g/mol. The highest BCUT2D eigenvalue weighted by molar-refractivity contribution is 7.80. The summed E-state index contributed by atoms with van der Waals surface area (Å²) >= 11 is 11.5. The van der Waals surface area contributed by atoms with E-state index in [-0.39, 0.29) is 0 Å². The SMILES string of the molecule is Cc1ccc(CNC(=S)Nc2nc(Cl)cc(N3CCCC[C@H]3C)n2)o1. The van der Waals surface area contributed by atoms with Crippen LogP contribution in [-0.4, -0.2) is 27.7 Å². The maximum Gasteiger partial charge on any atom is 0.232 e. The second kappa shape index (κ2) is 8.01. The molecule has 2 aromatic rings. The van der Waals surface area contributed by atoms with Crippen LogP contribution < -0.4 is 15.5 Å². The topological polar surface area (TPSA) is 66.2 Å². The van der Waals surface area contributed by atoms with Gasteiger partial charge in [0, 0.05) is 18.7 Å². The Kier molecular flexibility index (Phi) is 5.75. The van der Waals surface area contributed by atoms with Gasteiger partial charge in [-0.2, -0.15) is 4.98 Å². The van der Waals surface area contributed by atoms with Crippen LogP contribution in [0, 0.1) is 6.92 Å². The van der Waals surface area contributed by atoms with Crippen LogP contribution in [0.4, 0.5) is 11.8 Å². The van der Waals surface area contributed by atoms with Crippen LogP contribution in [0.25, 0.3) is 0 Å². The van der Waals surface area contributed by atoms with Gasteiger partial charge in [0.1, 0.15) is 22.5 Å². The van der Waals surface area contributed by atoms with Gasteiger partial charge in [0.05, 0.1) is 6.54 Å². The first-order valence-corrected chi connectivity index (χ1v) is 9.21. The maximum absolute atomic E-state index is 6.18. The van der Waals surface area contributed by atoms with E-state index in [0.717, 1.165) is 36.7 Å². The van der Waals surface area contributed by atoms with Crippen molar-refractivity contribution in [2.75, 3.05) is 16.8 Å². The fraction of sp³-hybridized carbons (Fsp3) is 0.471. The number of hydrogen-bond acceptors (Lipinski definition) is 5. The molecule has 0 radical (unpaired) electrons. The van der Waals surface area contributed by atoms with Crippen molar-refractivity contribution in [1.29, 1.82) is 0 Å². The van der Waals surface area contributed by atoms with Crippen molar-refractivity contribution in [2.45, 2.75) is 45.7 Å². The van der Waals surface area contributed by atoms with E-state index < -0.39 is 0 Å². The van der Waals surface area contributed by atoms with E-state index in [1.807, 2.05) is 19.1 Å². The third kappa shape index (κ3) is 4.83. The molecule has 2 N–H and O–H groups in total. The van der Waals surface area contributed by atoms with Crippen molar-refractivity contribution < 1.29 is 4.42 Å². The molecule has 0 aromatic carbocycles. The fourth-order valence-corrected chi connectivity index (χ4v) is 3.28. The zero-order valence-electron chi connectivity index (χ0n) is 14.4. The molecule has 6 nitrogen and oxygen atoms in total. The molecule has 1 saturated heterocycles. The lowest BCUT2D eigenvalue weighted by Crippen LogP contribution is -2.38. The summed E-state index contributed by atoms with van der Waals surface area (Å²) in [5.74, 6) is 2.91. The Morgan fingerprint density at radius 2 is 2.24 bits per heavy atom. The second-order valence-corrected chi connectivity index (χ2v) is 7.03. The molecule has 0 bridgehead atoms. The Balaban J connectivity index is 1.64. The van der Waals surface area contributed by atoms with Crippen molar-refractivity contribution in [3.8, 4) is 0 Å². The number of furan rings is 1. The Bertz CT molecular complexity index is 750. The number of halogens is 1. The normalized spacial score (nSPS) is 17.4. The van der Waals surface area contributed by atoms with E-state index in [1.165, 1.54) is 6.42 Å². The van der Waals surface area contributed by atoms with Gasteiger partial charge in [-0.15, -0.1) is 0 Å². The number of nitrogens with one attached hydrogen (secondary N) is 2. The molecule has 25 heavy (non-hydrogen) atoms. The van der Waals surface area contributed by atoms with Crippen LogP contribution in [0.1, 0.15) is 37.7 Å². The summed E-state index contributed by atoms with van der Waals surface area (Å²) in [6.07, 6.45) is 3.58. The number of aromatic nitrogens is 2. The molecule has 3 rings (SSSR count). The van der Waals surface area contributed by atoms with Gasteiger partial charge in [-0.05, 0) is 57.5 Å². The molecule has 1 aliphatic heterocycles. The molecule has 0 aliphatic carbocycles. The lowest BCUT2D eigenvalue weighted by molar-refractivity contribution is 0.478. The molecule has 1 aliphatic rings. The van der Waals surface area contributed by atoms with Crippen molar-refractivity contribution in [1.82, 2.24) is 15.3 Å². The molecular weight excluding hydrogens is 358 g/mol. The first-order chi connectivity index (χ1) is 12.0. The zero-order valence-corrected chi connectivity index (χ0v) is 16.0. The van der Waals surface area contributed by atoms with E-state index in [1.54, 1.807) is 6.07 Å². The van der Waals surface area contributed by atoms with Gasteiger partial charge in [-0.1, -0.05) is 11.6 Å².